The largest absolute Gasteiger partial charge is 0.383 e. The van der Waals surface area contributed by atoms with Crippen molar-refractivity contribution in [3.05, 3.63) is 34.9 Å². The van der Waals surface area contributed by atoms with Crippen LogP contribution in [0, 0.1) is 0 Å². The molecular weight excluding hydrogens is 214 g/mol. The van der Waals surface area contributed by atoms with Gasteiger partial charge in [-0.05, 0) is 31.2 Å². The number of carbonyl (C=O) groups is 1. The maximum Gasteiger partial charge on any atom is 0.251 e. The molecule has 15 heavy (non-hydrogen) atoms. The van der Waals surface area contributed by atoms with Gasteiger partial charge in [0.2, 0.25) is 0 Å². The number of hydrogen-bond acceptors (Lipinski definition) is 2. The molecule has 1 rings (SSSR count). The molecule has 0 heterocycles. The van der Waals surface area contributed by atoms with Crippen molar-refractivity contribution in [3.63, 3.8) is 0 Å². The van der Waals surface area contributed by atoms with E-state index in [0.717, 1.165) is 0 Å². The van der Waals surface area contributed by atoms with Crippen molar-refractivity contribution in [2.24, 2.45) is 0 Å². The van der Waals surface area contributed by atoms with E-state index in [1.807, 2.05) is 6.92 Å². The van der Waals surface area contributed by atoms with E-state index in [1.165, 1.54) is 0 Å². The van der Waals surface area contributed by atoms with Crippen molar-refractivity contribution < 1.29 is 9.53 Å². The Labute approximate surface area is 94.4 Å². The Morgan fingerprint density at radius 3 is 2.60 bits per heavy atom. The summed E-state index contributed by atoms with van der Waals surface area (Å²) in [5.41, 5.74) is 0.599. The summed E-state index contributed by atoms with van der Waals surface area (Å²) < 4.78 is 4.92. The lowest BCUT2D eigenvalue weighted by Crippen LogP contribution is -2.35. The molecule has 1 N–H and O–H groups in total. The Kier molecular flexibility index (Phi) is 4.59. The molecule has 0 aromatic heterocycles. The summed E-state index contributed by atoms with van der Waals surface area (Å²) in [5.74, 6) is -0.115. The molecule has 0 aliphatic carbocycles. The quantitative estimate of drug-likeness (QED) is 0.856. The van der Waals surface area contributed by atoms with Gasteiger partial charge in [-0.2, -0.15) is 0 Å². The number of amides is 1. The molecule has 0 radical (unpaired) electrons. The van der Waals surface area contributed by atoms with Crippen molar-refractivity contribution in [3.8, 4) is 0 Å². The second-order valence-corrected chi connectivity index (χ2v) is 3.77. The average molecular weight is 228 g/mol. The summed E-state index contributed by atoms with van der Waals surface area (Å²) in [4.78, 5) is 11.6. The smallest absolute Gasteiger partial charge is 0.251 e. The Morgan fingerprint density at radius 2 is 2.07 bits per heavy atom. The monoisotopic (exact) mass is 227 g/mol. The first-order chi connectivity index (χ1) is 7.13. The van der Waals surface area contributed by atoms with E-state index < -0.39 is 0 Å². The number of halogens is 1. The number of benzene rings is 1. The first-order valence-corrected chi connectivity index (χ1v) is 5.06. The minimum absolute atomic E-state index is 0.00169. The Hall–Kier alpha value is -1.06. The topological polar surface area (TPSA) is 38.3 Å². The maximum absolute atomic E-state index is 11.6. The number of ether oxygens (including phenoxy) is 1. The fourth-order valence-corrected chi connectivity index (χ4v) is 1.33. The van der Waals surface area contributed by atoms with Crippen LogP contribution in [0.1, 0.15) is 17.3 Å². The molecule has 0 aliphatic heterocycles. The normalized spacial score (nSPS) is 12.2. The van der Waals surface area contributed by atoms with Gasteiger partial charge in [0, 0.05) is 23.7 Å². The highest BCUT2D eigenvalue weighted by Gasteiger charge is 2.08. The lowest BCUT2D eigenvalue weighted by atomic mass is 10.2. The highest BCUT2D eigenvalue weighted by molar-refractivity contribution is 6.30. The molecule has 1 aromatic rings. The predicted molar refractivity (Wildman–Crippen MR) is 60.3 cm³/mol. The summed E-state index contributed by atoms with van der Waals surface area (Å²) >= 11 is 5.72. The van der Waals surface area contributed by atoms with Crippen LogP contribution < -0.4 is 5.32 Å². The van der Waals surface area contributed by atoms with E-state index in [-0.39, 0.29) is 11.9 Å². The number of rotatable bonds is 4. The van der Waals surface area contributed by atoms with E-state index in [1.54, 1.807) is 31.4 Å². The van der Waals surface area contributed by atoms with Gasteiger partial charge in [0.1, 0.15) is 0 Å². The molecule has 0 saturated carbocycles. The lowest BCUT2D eigenvalue weighted by Gasteiger charge is -2.12. The van der Waals surface area contributed by atoms with Crippen LogP contribution in [0.5, 0.6) is 0 Å². The summed E-state index contributed by atoms with van der Waals surface area (Å²) in [6, 6.07) is 6.77. The molecule has 0 spiro atoms. The molecule has 0 bridgehead atoms. The van der Waals surface area contributed by atoms with Crippen LogP contribution in [0.15, 0.2) is 24.3 Å². The van der Waals surface area contributed by atoms with Crippen molar-refractivity contribution in [2.75, 3.05) is 13.7 Å². The van der Waals surface area contributed by atoms with Crippen LogP contribution in [0.25, 0.3) is 0 Å². The van der Waals surface area contributed by atoms with Gasteiger partial charge in [0.25, 0.3) is 5.91 Å². The summed E-state index contributed by atoms with van der Waals surface area (Å²) in [6.07, 6.45) is 0. The number of methoxy groups -OCH3 is 1. The SMILES string of the molecule is COC[C@H](C)NC(=O)c1ccc(Cl)cc1. The molecule has 82 valence electrons. The molecule has 4 heteroatoms. The van der Waals surface area contributed by atoms with Crippen molar-refractivity contribution in [2.45, 2.75) is 13.0 Å². The van der Waals surface area contributed by atoms with Crippen LogP contribution in [-0.2, 0) is 4.74 Å². The molecule has 0 aliphatic rings. The molecule has 1 atom stereocenters. The highest BCUT2D eigenvalue weighted by Crippen LogP contribution is 2.09. The molecule has 3 nitrogen and oxygen atoms in total. The number of hydrogen-bond donors (Lipinski definition) is 1. The summed E-state index contributed by atoms with van der Waals surface area (Å²) in [6.45, 7) is 2.39. The van der Waals surface area contributed by atoms with Gasteiger partial charge in [-0.25, -0.2) is 0 Å². The zero-order chi connectivity index (χ0) is 11.3. The third kappa shape index (κ3) is 3.90. The molecule has 0 saturated heterocycles. The Morgan fingerprint density at radius 1 is 1.47 bits per heavy atom. The standard InChI is InChI=1S/C11H14ClNO2/c1-8(7-15-2)13-11(14)9-3-5-10(12)6-4-9/h3-6,8H,7H2,1-2H3,(H,13,14)/t8-/m0/s1. The molecule has 0 unspecified atom stereocenters. The van der Waals surface area contributed by atoms with Crippen molar-refractivity contribution in [1.29, 1.82) is 0 Å². The van der Waals surface area contributed by atoms with E-state index in [9.17, 15) is 4.79 Å². The van der Waals surface area contributed by atoms with Gasteiger partial charge in [-0.15, -0.1) is 0 Å². The summed E-state index contributed by atoms with van der Waals surface area (Å²) in [7, 11) is 1.60. The van der Waals surface area contributed by atoms with Crippen molar-refractivity contribution in [1.82, 2.24) is 5.32 Å². The zero-order valence-electron chi connectivity index (χ0n) is 8.79. The summed E-state index contributed by atoms with van der Waals surface area (Å²) in [5, 5.41) is 3.43. The van der Waals surface area contributed by atoms with E-state index in [0.29, 0.717) is 17.2 Å². The lowest BCUT2D eigenvalue weighted by molar-refractivity contribution is 0.0905. The second kappa shape index (κ2) is 5.73. The van der Waals surface area contributed by atoms with E-state index in [4.69, 9.17) is 16.3 Å². The Balaban J connectivity index is 2.57. The average Bonchev–Trinajstić information content (AvgIpc) is 2.18. The fourth-order valence-electron chi connectivity index (χ4n) is 1.20. The van der Waals surface area contributed by atoms with Gasteiger partial charge in [0.05, 0.1) is 6.61 Å². The van der Waals surface area contributed by atoms with Gasteiger partial charge in [0.15, 0.2) is 0 Å². The second-order valence-electron chi connectivity index (χ2n) is 3.34. The van der Waals surface area contributed by atoms with Gasteiger partial charge in [-0.3, -0.25) is 4.79 Å². The zero-order valence-corrected chi connectivity index (χ0v) is 9.54. The molecule has 0 fully saturated rings. The van der Waals surface area contributed by atoms with Crippen molar-refractivity contribution >= 4 is 17.5 Å². The van der Waals surface area contributed by atoms with Crippen LogP contribution in [0.4, 0.5) is 0 Å². The van der Waals surface area contributed by atoms with Crippen LogP contribution in [0.2, 0.25) is 5.02 Å². The molecule has 1 amide bonds. The third-order valence-electron chi connectivity index (χ3n) is 1.90. The third-order valence-corrected chi connectivity index (χ3v) is 2.15. The minimum Gasteiger partial charge on any atom is -0.383 e. The van der Waals surface area contributed by atoms with Crippen LogP contribution >= 0.6 is 11.6 Å². The highest BCUT2D eigenvalue weighted by atomic mass is 35.5. The fraction of sp³-hybridized carbons (Fsp3) is 0.364. The number of carbonyl (C=O) groups excluding carboxylic acids is 1. The number of nitrogens with one attached hydrogen (secondary N) is 1. The predicted octanol–water partition coefficient (Wildman–Crippen LogP) is 2.10. The Bertz CT molecular complexity index is 324. The van der Waals surface area contributed by atoms with Crippen LogP contribution in [-0.4, -0.2) is 25.7 Å². The first kappa shape index (κ1) is 12.0. The van der Waals surface area contributed by atoms with Gasteiger partial charge in [-0.1, -0.05) is 11.6 Å². The van der Waals surface area contributed by atoms with Gasteiger partial charge >= 0.3 is 0 Å². The maximum atomic E-state index is 11.6. The van der Waals surface area contributed by atoms with Gasteiger partial charge < -0.3 is 10.1 Å². The minimum atomic E-state index is -0.115. The first-order valence-electron chi connectivity index (χ1n) is 4.69. The van der Waals surface area contributed by atoms with E-state index in [2.05, 4.69) is 5.32 Å². The van der Waals surface area contributed by atoms with E-state index >= 15 is 0 Å². The molecule has 1 aromatic carbocycles. The molecular formula is C11H14ClNO2. The van der Waals surface area contributed by atoms with Crippen LogP contribution in [0.3, 0.4) is 0 Å².